The van der Waals surface area contributed by atoms with E-state index in [1.165, 1.54) is 4.31 Å². The Bertz CT molecular complexity index is 887. The molecule has 2 aromatic carbocycles. The van der Waals surface area contributed by atoms with Gasteiger partial charge in [0.05, 0.1) is 11.4 Å². The number of amides is 1. The highest BCUT2D eigenvalue weighted by atomic mass is 32.2. The third kappa shape index (κ3) is 3.91. The van der Waals surface area contributed by atoms with Crippen LogP contribution in [0.3, 0.4) is 0 Å². The summed E-state index contributed by atoms with van der Waals surface area (Å²) in [7, 11) is -3.70. The van der Waals surface area contributed by atoms with Crippen molar-refractivity contribution in [2.75, 3.05) is 26.2 Å². The van der Waals surface area contributed by atoms with E-state index in [9.17, 15) is 13.2 Å². The Kier molecular flexibility index (Phi) is 5.63. The van der Waals surface area contributed by atoms with Crippen LogP contribution in [0, 0.1) is 5.92 Å². The van der Waals surface area contributed by atoms with Crippen LogP contribution in [0.1, 0.15) is 26.7 Å². The first-order valence-electron chi connectivity index (χ1n) is 9.18. The van der Waals surface area contributed by atoms with Crippen LogP contribution in [0.5, 0.6) is 0 Å². The van der Waals surface area contributed by atoms with Crippen LogP contribution in [-0.2, 0) is 14.8 Å². The number of hydrogen-bond acceptors (Lipinski definition) is 3. The van der Waals surface area contributed by atoms with Crippen molar-refractivity contribution in [3.05, 3.63) is 42.5 Å². The predicted molar refractivity (Wildman–Crippen MR) is 103 cm³/mol. The first-order valence-corrected chi connectivity index (χ1v) is 10.6. The quantitative estimate of drug-likeness (QED) is 0.808. The number of benzene rings is 2. The third-order valence-electron chi connectivity index (χ3n) is 5.16. The average molecular weight is 375 g/mol. The summed E-state index contributed by atoms with van der Waals surface area (Å²) in [6.45, 7) is 5.56. The van der Waals surface area contributed by atoms with Gasteiger partial charge >= 0.3 is 0 Å². The Morgan fingerprint density at radius 3 is 2.42 bits per heavy atom. The monoisotopic (exact) mass is 374 g/mol. The van der Waals surface area contributed by atoms with Crippen LogP contribution in [-0.4, -0.2) is 49.7 Å². The molecular formula is C20H26N2O3S. The molecule has 140 valence electrons. The van der Waals surface area contributed by atoms with Gasteiger partial charge in [-0.1, -0.05) is 44.2 Å². The lowest BCUT2D eigenvalue weighted by Crippen LogP contribution is -2.45. The van der Waals surface area contributed by atoms with Crippen LogP contribution in [0.25, 0.3) is 10.8 Å². The zero-order valence-corrected chi connectivity index (χ0v) is 16.2. The van der Waals surface area contributed by atoms with E-state index in [0.717, 1.165) is 23.6 Å². The number of carbonyl (C=O) groups excluding carboxylic acids is 1. The van der Waals surface area contributed by atoms with Crippen molar-refractivity contribution in [1.82, 2.24) is 9.21 Å². The van der Waals surface area contributed by atoms with Gasteiger partial charge in [-0.3, -0.25) is 4.79 Å². The molecule has 0 aliphatic carbocycles. The fraction of sp³-hybridized carbons (Fsp3) is 0.450. The van der Waals surface area contributed by atoms with E-state index in [0.29, 0.717) is 19.0 Å². The third-order valence-corrected chi connectivity index (χ3v) is 7.08. The summed E-state index contributed by atoms with van der Waals surface area (Å²) in [5.41, 5.74) is 0. The normalized spacial score (nSPS) is 16.3. The van der Waals surface area contributed by atoms with Crippen LogP contribution in [0.4, 0.5) is 0 Å². The molecule has 0 saturated carbocycles. The van der Waals surface area contributed by atoms with Gasteiger partial charge < -0.3 is 4.90 Å². The average Bonchev–Trinajstić information content (AvgIpc) is 2.65. The second-order valence-electron chi connectivity index (χ2n) is 7.00. The van der Waals surface area contributed by atoms with Gasteiger partial charge in [0, 0.05) is 19.6 Å². The fourth-order valence-corrected chi connectivity index (χ4v) is 4.79. The highest BCUT2D eigenvalue weighted by Gasteiger charge is 2.28. The number of hydrogen-bond donors (Lipinski definition) is 0. The van der Waals surface area contributed by atoms with Crippen LogP contribution >= 0.6 is 0 Å². The molecule has 6 heteroatoms. The summed E-state index contributed by atoms with van der Waals surface area (Å²) in [6.07, 6.45) is 1.96. The molecule has 0 N–H and O–H groups in total. The number of fused-ring (bicyclic) bond motifs is 1. The van der Waals surface area contributed by atoms with Gasteiger partial charge in [0.25, 0.3) is 0 Å². The second-order valence-corrected chi connectivity index (χ2v) is 8.94. The number of nitrogens with zero attached hydrogens (tertiary/aromatic N) is 2. The zero-order valence-electron chi connectivity index (χ0n) is 15.4. The van der Waals surface area contributed by atoms with Crippen LogP contribution in [0.15, 0.2) is 47.4 Å². The number of carbonyl (C=O) groups is 1. The number of rotatable bonds is 5. The van der Waals surface area contributed by atoms with Crippen LogP contribution < -0.4 is 0 Å². The van der Waals surface area contributed by atoms with E-state index in [4.69, 9.17) is 0 Å². The van der Waals surface area contributed by atoms with Gasteiger partial charge in [0.1, 0.15) is 0 Å². The Labute approximate surface area is 155 Å². The van der Waals surface area contributed by atoms with Gasteiger partial charge in [-0.25, -0.2) is 8.42 Å². The van der Waals surface area contributed by atoms with Crippen molar-refractivity contribution in [2.24, 2.45) is 5.92 Å². The summed E-state index contributed by atoms with van der Waals surface area (Å²) in [6, 6.07) is 12.8. The first kappa shape index (κ1) is 18.9. The van der Waals surface area contributed by atoms with E-state index in [1.807, 2.05) is 30.3 Å². The molecule has 1 aliphatic heterocycles. The van der Waals surface area contributed by atoms with Crippen LogP contribution in [0.2, 0.25) is 0 Å². The molecule has 0 bridgehead atoms. The summed E-state index contributed by atoms with van der Waals surface area (Å²) in [4.78, 5) is 14.6. The molecule has 0 radical (unpaired) electrons. The van der Waals surface area contributed by atoms with Crippen molar-refractivity contribution in [3.63, 3.8) is 0 Å². The van der Waals surface area contributed by atoms with Gasteiger partial charge in [0.2, 0.25) is 15.9 Å². The molecule has 26 heavy (non-hydrogen) atoms. The van der Waals surface area contributed by atoms with Gasteiger partial charge in [0.15, 0.2) is 0 Å². The molecule has 2 aromatic rings. The molecule has 0 atom stereocenters. The maximum atomic E-state index is 13.0. The Balaban J connectivity index is 1.79. The SMILES string of the molecule is CCN(CC(=O)N1CCC(C)CC1)S(=O)(=O)c1ccc2ccccc2c1. The standard InChI is InChI=1S/C20H26N2O3S/c1-3-22(15-20(23)21-12-10-16(2)11-13-21)26(24,25)19-9-8-17-6-4-5-7-18(17)14-19/h4-9,14,16H,3,10-13,15H2,1-2H3. The molecule has 3 rings (SSSR count). The van der Waals surface area contributed by atoms with Crippen molar-refractivity contribution in [2.45, 2.75) is 31.6 Å². The maximum absolute atomic E-state index is 13.0. The topological polar surface area (TPSA) is 57.7 Å². The summed E-state index contributed by atoms with van der Waals surface area (Å²) in [5.74, 6) is 0.519. The lowest BCUT2D eigenvalue weighted by molar-refractivity contribution is -0.132. The van der Waals surface area contributed by atoms with E-state index >= 15 is 0 Å². The Hall–Kier alpha value is -1.92. The lowest BCUT2D eigenvalue weighted by atomic mass is 9.99. The summed E-state index contributed by atoms with van der Waals surface area (Å²) < 4.78 is 27.3. The van der Waals surface area contributed by atoms with E-state index in [2.05, 4.69) is 6.92 Å². The molecule has 1 aliphatic rings. The molecule has 1 heterocycles. The van der Waals surface area contributed by atoms with Crippen molar-refractivity contribution in [3.8, 4) is 0 Å². The smallest absolute Gasteiger partial charge is 0.243 e. The maximum Gasteiger partial charge on any atom is 0.243 e. The van der Waals surface area contributed by atoms with Gasteiger partial charge in [-0.2, -0.15) is 4.31 Å². The molecule has 0 unspecified atom stereocenters. The molecule has 1 saturated heterocycles. The highest BCUT2D eigenvalue weighted by molar-refractivity contribution is 7.89. The molecule has 1 amide bonds. The van der Waals surface area contributed by atoms with Crippen molar-refractivity contribution >= 4 is 26.7 Å². The highest BCUT2D eigenvalue weighted by Crippen LogP contribution is 2.22. The number of likely N-dealkylation sites (N-methyl/N-ethyl adjacent to an activating group) is 1. The Morgan fingerprint density at radius 1 is 1.12 bits per heavy atom. The molecule has 1 fully saturated rings. The Morgan fingerprint density at radius 2 is 1.77 bits per heavy atom. The minimum atomic E-state index is -3.70. The van der Waals surface area contributed by atoms with Gasteiger partial charge in [-0.05, 0) is 41.7 Å². The number of likely N-dealkylation sites (tertiary alicyclic amines) is 1. The first-order chi connectivity index (χ1) is 12.4. The number of piperidine rings is 1. The summed E-state index contributed by atoms with van der Waals surface area (Å²) in [5, 5.41) is 1.87. The minimum absolute atomic E-state index is 0.0972. The zero-order chi connectivity index (χ0) is 18.7. The minimum Gasteiger partial charge on any atom is -0.342 e. The van der Waals surface area contributed by atoms with E-state index in [1.54, 1.807) is 24.0 Å². The van der Waals surface area contributed by atoms with E-state index < -0.39 is 10.0 Å². The van der Waals surface area contributed by atoms with Crippen molar-refractivity contribution < 1.29 is 13.2 Å². The van der Waals surface area contributed by atoms with Crippen molar-refractivity contribution in [1.29, 1.82) is 0 Å². The number of sulfonamides is 1. The summed E-state index contributed by atoms with van der Waals surface area (Å²) >= 11 is 0. The lowest BCUT2D eigenvalue weighted by Gasteiger charge is -2.32. The molecule has 0 spiro atoms. The second kappa shape index (κ2) is 7.76. The largest absolute Gasteiger partial charge is 0.342 e. The molecule has 0 aromatic heterocycles. The fourth-order valence-electron chi connectivity index (χ4n) is 3.35. The van der Waals surface area contributed by atoms with E-state index in [-0.39, 0.29) is 23.9 Å². The molecule has 5 nitrogen and oxygen atoms in total. The molecular weight excluding hydrogens is 348 g/mol. The van der Waals surface area contributed by atoms with Gasteiger partial charge in [-0.15, -0.1) is 0 Å². The predicted octanol–water partition coefficient (Wildman–Crippen LogP) is 3.11.